The minimum Gasteiger partial charge on any atom is -0.487 e. The fraction of sp³-hybridized carbons (Fsp3) is 0.667. The van der Waals surface area contributed by atoms with Gasteiger partial charge in [-0.1, -0.05) is 6.07 Å². The Bertz CT molecular complexity index is 550. The average molecular weight is 304 g/mol. The second-order valence-corrected chi connectivity index (χ2v) is 7.24. The Labute approximate surface area is 133 Å². The monoisotopic (exact) mass is 304 g/mol. The van der Waals surface area contributed by atoms with E-state index in [-0.39, 0.29) is 17.6 Å². The number of fused-ring (bicyclic) bond motifs is 1. The van der Waals surface area contributed by atoms with Crippen molar-refractivity contribution in [2.75, 3.05) is 32.8 Å². The maximum absolute atomic E-state index is 6.70. The largest absolute Gasteiger partial charge is 0.487 e. The van der Waals surface area contributed by atoms with Crippen LogP contribution >= 0.6 is 0 Å². The van der Waals surface area contributed by atoms with Crippen LogP contribution < -0.4 is 10.5 Å². The van der Waals surface area contributed by atoms with Crippen LogP contribution in [0.5, 0.6) is 5.75 Å². The molecule has 22 heavy (non-hydrogen) atoms. The van der Waals surface area contributed by atoms with E-state index < -0.39 is 0 Å². The highest BCUT2D eigenvalue weighted by Crippen LogP contribution is 2.44. The molecule has 2 unspecified atom stereocenters. The lowest BCUT2D eigenvalue weighted by Gasteiger charge is -2.46. The molecule has 4 nitrogen and oxygen atoms in total. The summed E-state index contributed by atoms with van der Waals surface area (Å²) in [5.74, 6) is 1.24. The smallest absolute Gasteiger partial charge is 0.125 e. The quantitative estimate of drug-likeness (QED) is 0.911. The molecule has 2 aliphatic heterocycles. The van der Waals surface area contributed by atoms with E-state index in [0.29, 0.717) is 0 Å². The molecule has 2 N–H and O–H groups in total. The van der Waals surface area contributed by atoms with Gasteiger partial charge in [-0.15, -0.1) is 0 Å². The summed E-state index contributed by atoms with van der Waals surface area (Å²) in [6.07, 6.45) is 0. The lowest BCUT2D eigenvalue weighted by atomic mass is 9.77. The Morgan fingerprint density at radius 3 is 2.59 bits per heavy atom. The number of aryl methyl sites for hydroxylation is 2. The Morgan fingerprint density at radius 2 is 1.91 bits per heavy atom. The van der Waals surface area contributed by atoms with Crippen LogP contribution in [-0.4, -0.2) is 43.3 Å². The van der Waals surface area contributed by atoms with E-state index in [1.165, 1.54) is 16.7 Å². The summed E-state index contributed by atoms with van der Waals surface area (Å²) in [7, 11) is 0. The number of nitrogens with zero attached hydrogens (tertiary/aromatic N) is 1. The molecule has 2 heterocycles. The minimum absolute atomic E-state index is 0.0159. The predicted molar refractivity (Wildman–Crippen MR) is 88.3 cm³/mol. The van der Waals surface area contributed by atoms with E-state index in [1.54, 1.807) is 0 Å². The molecule has 0 radical (unpaired) electrons. The first-order valence-corrected chi connectivity index (χ1v) is 8.24. The second-order valence-electron chi connectivity index (χ2n) is 7.24. The second kappa shape index (κ2) is 5.84. The van der Waals surface area contributed by atoms with E-state index in [1.807, 2.05) is 0 Å². The van der Waals surface area contributed by atoms with Crippen molar-refractivity contribution in [1.29, 1.82) is 0 Å². The third kappa shape index (κ3) is 2.87. The molecule has 3 rings (SSSR count). The molecule has 1 saturated heterocycles. The van der Waals surface area contributed by atoms with Crippen LogP contribution in [0.15, 0.2) is 12.1 Å². The summed E-state index contributed by atoms with van der Waals surface area (Å²) in [6.45, 7) is 13.1. The number of benzene rings is 1. The van der Waals surface area contributed by atoms with Gasteiger partial charge in [-0.3, -0.25) is 4.90 Å². The molecule has 0 bridgehead atoms. The molecule has 0 amide bonds. The summed E-state index contributed by atoms with van der Waals surface area (Å²) in [6, 6.07) is 4.34. The normalized spacial score (nSPS) is 28.0. The van der Waals surface area contributed by atoms with Crippen LogP contribution in [0, 0.1) is 19.8 Å². The van der Waals surface area contributed by atoms with Crippen molar-refractivity contribution in [2.45, 2.75) is 39.3 Å². The van der Waals surface area contributed by atoms with Crippen LogP contribution in [0.3, 0.4) is 0 Å². The Kier molecular flexibility index (Phi) is 4.19. The number of ether oxygens (including phenoxy) is 2. The highest BCUT2D eigenvalue weighted by atomic mass is 16.5. The lowest BCUT2D eigenvalue weighted by Crippen LogP contribution is -2.53. The van der Waals surface area contributed by atoms with Gasteiger partial charge in [0, 0.05) is 37.2 Å². The molecule has 0 spiro atoms. The van der Waals surface area contributed by atoms with Crippen molar-refractivity contribution < 1.29 is 9.47 Å². The Hall–Kier alpha value is -1.10. The summed E-state index contributed by atoms with van der Waals surface area (Å²) >= 11 is 0. The van der Waals surface area contributed by atoms with Crippen molar-refractivity contribution in [3.05, 3.63) is 28.8 Å². The number of hydrogen-bond donors (Lipinski definition) is 1. The molecule has 0 saturated carbocycles. The number of hydrogen-bond acceptors (Lipinski definition) is 4. The van der Waals surface area contributed by atoms with E-state index >= 15 is 0 Å². The van der Waals surface area contributed by atoms with Crippen LogP contribution in [0.4, 0.5) is 0 Å². The molecule has 2 atom stereocenters. The van der Waals surface area contributed by atoms with Crippen LogP contribution in [0.2, 0.25) is 0 Å². The summed E-state index contributed by atoms with van der Waals surface area (Å²) in [4.78, 5) is 2.45. The SMILES string of the molecule is Cc1cc(C)c2c(c1)OC(C)(C)C(CN1CCOCC1)C2N. The van der Waals surface area contributed by atoms with Crippen LogP contribution in [-0.2, 0) is 4.74 Å². The number of nitrogens with two attached hydrogens (primary N) is 1. The van der Waals surface area contributed by atoms with Gasteiger partial charge in [-0.25, -0.2) is 0 Å². The summed E-state index contributed by atoms with van der Waals surface area (Å²) < 4.78 is 11.8. The molecule has 0 aliphatic carbocycles. The fourth-order valence-corrected chi connectivity index (χ4v) is 3.84. The third-order valence-electron chi connectivity index (χ3n) is 5.08. The first-order valence-electron chi connectivity index (χ1n) is 8.24. The molecule has 2 aliphatic rings. The van der Waals surface area contributed by atoms with E-state index in [0.717, 1.165) is 38.6 Å². The summed E-state index contributed by atoms with van der Waals surface area (Å²) in [5.41, 5.74) is 10.1. The van der Waals surface area contributed by atoms with Crippen molar-refractivity contribution in [3.8, 4) is 5.75 Å². The standard InChI is InChI=1S/C18H28N2O2/c1-12-9-13(2)16-15(10-12)22-18(3,4)14(17(16)19)11-20-5-7-21-8-6-20/h9-10,14,17H,5-8,11,19H2,1-4H3. The molecule has 1 fully saturated rings. The van der Waals surface area contributed by atoms with Gasteiger partial charge in [0.1, 0.15) is 11.4 Å². The van der Waals surface area contributed by atoms with Gasteiger partial charge in [0.05, 0.1) is 13.2 Å². The van der Waals surface area contributed by atoms with Gasteiger partial charge in [-0.05, 0) is 44.9 Å². The maximum Gasteiger partial charge on any atom is 0.125 e. The van der Waals surface area contributed by atoms with Gasteiger partial charge >= 0.3 is 0 Å². The lowest BCUT2D eigenvalue weighted by molar-refractivity contribution is -0.0289. The van der Waals surface area contributed by atoms with Gasteiger partial charge in [-0.2, -0.15) is 0 Å². The van der Waals surface area contributed by atoms with E-state index in [9.17, 15) is 0 Å². The van der Waals surface area contributed by atoms with Crippen molar-refractivity contribution >= 4 is 0 Å². The zero-order chi connectivity index (χ0) is 15.9. The molecular weight excluding hydrogens is 276 g/mol. The molecule has 1 aromatic rings. The van der Waals surface area contributed by atoms with Crippen LogP contribution in [0.1, 0.15) is 36.6 Å². The van der Waals surface area contributed by atoms with Gasteiger partial charge in [0.2, 0.25) is 0 Å². The highest BCUT2D eigenvalue weighted by molar-refractivity contribution is 5.47. The number of rotatable bonds is 2. The van der Waals surface area contributed by atoms with Gasteiger partial charge in [0.25, 0.3) is 0 Å². The topological polar surface area (TPSA) is 47.7 Å². The van der Waals surface area contributed by atoms with Crippen LogP contribution in [0.25, 0.3) is 0 Å². The molecule has 1 aromatic carbocycles. The zero-order valence-corrected chi connectivity index (χ0v) is 14.2. The predicted octanol–water partition coefficient (Wildman–Crippen LogP) is 2.42. The van der Waals surface area contributed by atoms with Crippen molar-refractivity contribution in [3.63, 3.8) is 0 Å². The first-order chi connectivity index (χ1) is 10.4. The first kappa shape index (κ1) is 15.8. The zero-order valence-electron chi connectivity index (χ0n) is 14.2. The van der Waals surface area contributed by atoms with E-state index in [2.05, 4.69) is 44.7 Å². The fourth-order valence-electron chi connectivity index (χ4n) is 3.84. The summed E-state index contributed by atoms with van der Waals surface area (Å²) in [5, 5.41) is 0. The maximum atomic E-state index is 6.70. The molecule has 4 heteroatoms. The van der Waals surface area contributed by atoms with Crippen molar-refractivity contribution in [2.24, 2.45) is 11.7 Å². The average Bonchev–Trinajstić information content (AvgIpc) is 2.43. The highest BCUT2D eigenvalue weighted by Gasteiger charge is 2.43. The Balaban J connectivity index is 1.90. The molecule has 122 valence electrons. The van der Waals surface area contributed by atoms with E-state index in [4.69, 9.17) is 15.2 Å². The minimum atomic E-state index is -0.259. The van der Waals surface area contributed by atoms with Crippen molar-refractivity contribution in [1.82, 2.24) is 4.90 Å². The third-order valence-corrected chi connectivity index (χ3v) is 5.08. The molecule has 0 aromatic heterocycles. The molecular formula is C18H28N2O2. The van der Waals surface area contributed by atoms with Gasteiger partial charge in [0.15, 0.2) is 0 Å². The number of morpholine rings is 1. The Morgan fingerprint density at radius 1 is 1.23 bits per heavy atom. The van der Waals surface area contributed by atoms with Gasteiger partial charge < -0.3 is 15.2 Å².